The van der Waals surface area contributed by atoms with Gasteiger partial charge in [0.05, 0.1) is 28.2 Å². The number of halogens is 2. The lowest BCUT2D eigenvalue weighted by Gasteiger charge is -2.30. The average molecular weight is 454 g/mol. The van der Waals surface area contributed by atoms with E-state index in [1.807, 2.05) is 18.2 Å². The Hall–Kier alpha value is -3.03. The molecule has 1 fully saturated rings. The van der Waals surface area contributed by atoms with Crippen molar-refractivity contribution in [3.63, 3.8) is 0 Å². The Bertz CT molecular complexity index is 1260. The summed E-state index contributed by atoms with van der Waals surface area (Å²) in [6.07, 6.45) is 0.777. The molecule has 3 aromatic rings. The molecule has 1 unspecified atom stereocenters. The molecule has 0 radical (unpaired) electrons. The third-order valence-corrected chi connectivity index (χ3v) is 6.69. The first-order valence-corrected chi connectivity index (χ1v) is 10.9. The standard InChI is InChI=1S/C24H21ClFN3O3/c25-17-12-14(6-7-18(17)26)20(30)22(32)29-11-8-19-16(13-29)21(31)28-23(27-19)24(9-10-24)15-4-2-1-3-5-15/h1-7,12,20,30H,8-11,13H2,(H,27,28,31). The van der Waals surface area contributed by atoms with Crippen molar-refractivity contribution < 1.29 is 14.3 Å². The van der Waals surface area contributed by atoms with Gasteiger partial charge in [0.1, 0.15) is 11.6 Å². The lowest BCUT2D eigenvalue weighted by molar-refractivity contribution is -0.141. The van der Waals surface area contributed by atoms with Gasteiger partial charge in [0.2, 0.25) is 0 Å². The van der Waals surface area contributed by atoms with Gasteiger partial charge < -0.3 is 15.0 Å². The topological polar surface area (TPSA) is 86.3 Å². The number of rotatable bonds is 4. The summed E-state index contributed by atoms with van der Waals surface area (Å²) in [5.41, 5.74) is 1.95. The van der Waals surface area contributed by atoms with Crippen LogP contribution in [0, 0.1) is 5.82 Å². The highest BCUT2D eigenvalue weighted by atomic mass is 35.5. The van der Waals surface area contributed by atoms with E-state index in [1.165, 1.54) is 17.0 Å². The molecule has 5 rings (SSSR count). The normalized spacial score (nSPS) is 17.5. The molecule has 6 nitrogen and oxygen atoms in total. The SMILES string of the molecule is O=C(C(O)c1ccc(F)c(Cl)c1)N1CCc2nc(C3(c4ccccc4)CC3)[nH]c(=O)c2C1. The van der Waals surface area contributed by atoms with Crippen LogP contribution >= 0.6 is 11.6 Å². The number of H-pyrrole nitrogens is 1. The highest BCUT2D eigenvalue weighted by Crippen LogP contribution is 2.51. The average Bonchev–Trinajstić information content (AvgIpc) is 3.62. The number of benzene rings is 2. The van der Waals surface area contributed by atoms with Crippen LogP contribution in [0.2, 0.25) is 5.02 Å². The molecular weight excluding hydrogens is 433 g/mol. The van der Waals surface area contributed by atoms with Gasteiger partial charge >= 0.3 is 0 Å². The van der Waals surface area contributed by atoms with E-state index in [1.54, 1.807) is 0 Å². The number of fused-ring (bicyclic) bond motifs is 1. The number of hydrogen-bond acceptors (Lipinski definition) is 4. The minimum Gasteiger partial charge on any atom is -0.378 e. The van der Waals surface area contributed by atoms with E-state index in [4.69, 9.17) is 16.6 Å². The fourth-order valence-electron chi connectivity index (χ4n) is 4.38. The third-order valence-electron chi connectivity index (χ3n) is 6.40. The Morgan fingerprint density at radius 2 is 1.97 bits per heavy atom. The zero-order valence-corrected chi connectivity index (χ0v) is 17.9. The van der Waals surface area contributed by atoms with Gasteiger partial charge in [-0.2, -0.15) is 0 Å². The van der Waals surface area contributed by atoms with Crippen LogP contribution in [-0.2, 0) is 23.2 Å². The van der Waals surface area contributed by atoms with E-state index in [0.717, 1.165) is 24.5 Å². The smallest absolute Gasteiger partial charge is 0.256 e. The van der Waals surface area contributed by atoms with Crippen molar-refractivity contribution in [1.82, 2.24) is 14.9 Å². The maximum Gasteiger partial charge on any atom is 0.256 e. The van der Waals surface area contributed by atoms with Crippen molar-refractivity contribution in [2.45, 2.75) is 37.3 Å². The monoisotopic (exact) mass is 453 g/mol. The molecule has 2 aliphatic rings. The van der Waals surface area contributed by atoms with Crippen LogP contribution in [0.3, 0.4) is 0 Å². The van der Waals surface area contributed by atoms with Crippen LogP contribution < -0.4 is 5.56 Å². The first kappa shape index (κ1) is 20.8. The number of aliphatic hydroxyl groups excluding tert-OH is 1. The van der Waals surface area contributed by atoms with Crippen LogP contribution in [0.15, 0.2) is 53.3 Å². The maximum atomic E-state index is 13.4. The predicted octanol–water partition coefficient (Wildman–Crippen LogP) is 3.26. The summed E-state index contributed by atoms with van der Waals surface area (Å²) in [4.78, 5) is 34.9. The first-order chi connectivity index (χ1) is 15.4. The second-order valence-electron chi connectivity index (χ2n) is 8.37. The van der Waals surface area contributed by atoms with Gasteiger partial charge in [-0.1, -0.05) is 48.0 Å². The number of aliphatic hydroxyl groups is 1. The Balaban J connectivity index is 1.39. The lowest BCUT2D eigenvalue weighted by Crippen LogP contribution is -2.42. The number of amides is 1. The fraction of sp³-hybridized carbons (Fsp3) is 0.292. The van der Waals surface area contributed by atoms with Crippen molar-refractivity contribution in [3.8, 4) is 0 Å². The predicted molar refractivity (Wildman–Crippen MR) is 117 cm³/mol. The summed E-state index contributed by atoms with van der Waals surface area (Å²) in [6, 6.07) is 13.7. The molecule has 1 aliphatic heterocycles. The quantitative estimate of drug-likeness (QED) is 0.635. The number of nitrogens with zero attached hydrogens (tertiary/aromatic N) is 2. The van der Waals surface area contributed by atoms with E-state index in [9.17, 15) is 19.1 Å². The Labute approximate surface area is 188 Å². The molecule has 0 bridgehead atoms. The van der Waals surface area contributed by atoms with Crippen molar-refractivity contribution in [2.24, 2.45) is 0 Å². The largest absolute Gasteiger partial charge is 0.378 e. The first-order valence-electron chi connectivity index (χ1n) is 10.5. The molecule has 2 N–H and O–H groups in total. The highest BCUT2D eigenvalue weighted by molar-refractivity contribution is 6.30. The molecule has 1 saturated carbocycles. The van der Waals surface area contributed by atoms with Crippen LogP contribution in [0.25, 0.3) is 0 Å². The number of aromatic nitrogens is 2. The zero-order chi connectivity index (χ0) is 22.5. The van der Waals surface area contributed by atoms with E-state index in [2.05, 4.69) is 17.1 Å². The molecule has 0 saturated heterocycles. The summed E-state index contributed by atoms with van der Waals surface area (Å²) in [5, 5.41) is 10.3. The number of nitrogens with one attached hydrogen (secondary N) is 1. The molecule has 1 aliphatic carbocycles. The van der Waals surface area contributed by atoms with E-state index < -0.39 is 17.8 Å². The zero-order valence-electron chi connectivity index (χ0n) is 17.1. The van der Waals surface area contributed by atoms with Crippen LogP contribution in [-0.4, -0.2) is 32.4 Å². The van der Waals surface area contributed by atoms with Crippen molar-refractivity contribution in [2.75, 3.05) is 6.54 Å². The Kier molecular flexibility index (Phi) is 5.10. The highest BCUT2D eigenvalue weighted by Gasteiger charge is 2.48. The summed E-state index contributed by atoms with van der Waals surface area (Å²) in [7, 11) is 0. The molecule has 1 amide bonds. The summed E-state index contributed by atoms with van der Waals surface area (Å²) < 4.78 is 13.4. The summed E-state index contributed by atoms with van der Waals surface area (Å²) in [5.74, 6) is -0.516. The second kappa shape index (κ2) is 7.83. The summed E-state index contributed by atoms with van der Waals surface area (Å²) >= 11 is 5.77. The molecule has 2 aromatic carbocycles. The van der Waals surface area contributed by atoms with Gasteiger partial charge in [-0.05, 0) is 36.1 Å². The van der Waals surface area contributed by atoms with Crippen molar-refractivity contribution in [3.05, 3.63) is 97.9 Å². The fourth-order valence-corrected chi connectivity index (χ4v) is 4.57. The van der Waals surface area contributed by atoms with Crippen LogP contribution in [0.1, 0.15) is 47.2 Å². The van der Waals surface area contributed by atoms with Gasteiger partial charge in [0.15, 0.2) is 6.10 Å². The minimum absolute atomic E-state index is 0.0567. The Morgan fingerprint density at radius 3 is 2.66 bits per heavy atom. The number of carbonyl (C=O) groups excluding carboxylic acids is 1. The Morgan fingerprint density at radius 1 is 1.22 bits per heavy atom. The molecule has 8 heteroatoms. The van der Waals surface area contributed by atoms with Crippen LogP contribution in [0.4, 0.5) is 4.39 Å². The van der Waals surface area contributed by atoms with E-state index in [-0.39, 0.29) is 28.1 Å². The second-order valence-corrected chi connectivity index (χ2v) is 8.78. The molecule has 0 spiro atoms. The number of hydrogen-bond donors (Lipinski definition) is 2. The molecule has 32 heavy (non-hydrogen) atoms. The van der Waals surface area contributed by atoms with E-state index >= 15 is 0 Å². The van der Waals surface area contributed by atoms with E-state index in [0.29, 0.717) is 30.0 Å². The molecule has 1 aromatic heterocycles. The van der Waals surface area contributed by atoms with Gasteiger partial charge in [-0.15, -0.1) is 0 Å². The molecule has 164 valence electrons. The maximum absolute atomic E-state index is 13.4. The third kappa shape index (κ3) is 3.51. The van der Waals surface area contributed by atoms with Crippen LogP contribution in [0.5, 0.6) is 0 Å². The molecule has 1 atom stereocenters. The van der Waals surface area contributed by atoms with Gasteiger partial charge in [0.25, 0.3) is 11.5 Å². The molecule has 2 heterocycles. The minimum atomic E-state index is -1.49. The van der Waals surface area contributed by atoms with Gasteiger partial charge in [-0.3, -0.25) is 9.59 Å². The van der Waals surface area contributed by atoms with Gasteiger partial charge in [-0.25, -0.2) is 9.37 Å². The number of carbonyl (C=O) groups is 1. The van der Waals surface area contributed by atoms with Crippen molar-refractivity contribution >= 4 is 17.5 Å². The molecular formula is C24H21ClFN3O3. The van der Waals surface area contributed by atoms with Gasteiger partial charge in [0, 0.05) is 13.0 Å². The van der Waals surface area contributed by atoms with Crippen molar-refractivity contribution in [1.29, 1.82) is 0 Å². The lowest BCUT2D eigenvalue weighted by atomic mass is 9.94. The number of aromatic amines is 1. The summed E-state index contributed by atoms with van der Waals surface area (Å²) in [6.45, 7) is 0.382.